The molecule has 0 aliphatic heterocycles. The van der Waals surface area contributed by atoms with Crippen LogP contribution in [0.2, 0.25) is 0 Å². The van der Waals surface area contributed by atoms with E-state index in [4.69, 9.17) is 0 Å². The first-order chi connectivity index (χ1) is 7.82. The summed E-state index contributed by atoms with van der Waals surface area (Å²) in [5, 5.41) is 24.9. The molecule has 0 radical (unpaired) electrons. The molecule has 0 fully saturated rings. The largest absolute Gasteiger partial charge is 0.550 e. The highest BCUT2D eigenvalue weighted by atomic mass is 16.4. The van der Waals surface area contributed by atoms with Crippen molar-refractivity contribution in [2.45, 2.75) is 25.8 Å². The van der Waals surface area contributed by atoms with Crippen LogP contribution in [-0.4, -0.2) is 36.3 Å². The fourth-order valence-corrected chi connectivity index (χ4v) is 0.979. The van der Waals surface area contributed by atoms with Crippen molar-refractivity contribution >= 4 is 23.8 Å². The summed E-state index contributed by atoms with van der Waals surface area (Å²) in [6.07, 6.45) is -1.02. The van der Waals surface area contributed by atoms with E-state index >= 15 is 0 Å². The summed E-state index contributed by atoms with van der Waals surface area (Å²) in [4.78, 5) is 42.3. The predicted molar refractivity (Wildman–Crippen MR) is 49.9 cm³/mol. The number of carboxylic acid groups (broad SMARTS) is 2. The number of rotatable bonds is 7. The van der Waals surface area contributed by atoms with Gasteiger partial charge in [0.2, 0.25) is 11.8 Å². The van der Waals surface area contributed by atoms with E-state index in [0.29, 0.717) is 0 Å². The Kier molecular flexibility index (Phi) is 6.30. The molecule has 0 unspecified atom stereocenters. The van der Waals surface area contributed by atoms with Gasteiger partial charge in [0.1, 0.15) is 0 Å². The molecule has 0 aliphatic carbocycles. The van der Waals surface area contributed by atoms with Gasteiger partial charge in [-0.05, 0) is 0 Å². The zero-order valence-electron chi connectivity index (χ0n) is 9.15. The third kappa shape index (κ3) is 7.77. The third-order valence-corrected chi connectivity index (χ3v) is 1.72. The van der Waals surface area contributed by atoms with Crippen molar-refractivity contribution < 1.29 is 29.4 Å². The Hall–Kier alpha value is -2.12. The van der Waals surface area contributed by atoms with E-state index < -0.39 is 30.3 Å². The van der Waals surface area contributed by atoms with Gasteiger partial charge in [0, 0.05) is 32.3 Å². The first-order valence-electron chi connectivity index (χ1n) is 4.77. The topological polar surface area (TPSA) is 138 Å². The predicted octanol–water partition coefficient (Wildman–Crippen LogP) is -4.11. The minimum atomic E-state index is -1.71. The molecule has 17 heavy (non-hydrogen) atoms. The van der Waals surface area contributed by atoms with Crippen LogP contribution in [0.25, 0.3) is 0 Å². The molecule has 0 heterocycles. The molecule has 0 saturated carbocycles. The van der Waals surface area contributed by atoms with Gasteiger partial charge in [-0.25, -0.2) is 0 Å². The van der Waals surface area contributed by atoms with E-state index in [1.54, 1.807) is 0 Å². The molecule has 0 saturated heterocycles. The standard InChI is InChI=1S/C9H14N2O6/c1-5(12)10-3-2-7(13)11-6(9(16)17)4-8(14)15/h6H,2-4H2,1H3,(H,10,12)(H,11,13)(H,14,15)(H,16,17)/p-2/t6-/m1/s1. The average molecular weight is 244 g/mol. The van der Waals surface area contributed by atoms with E-state index in [1.807, 2.05) is 5.32 Å². The summed E-state index contributed by atoms with van der Waals surface area (Å²) in [5.41, 5.74) is 0. The van der Waals surface area contributed by atoms with Gasteiger partial charge >= 0.3 is 0 Å². The zero-order chi connectivity index (χ0) is 13.4. The highest BCUT2D eigenvalue weighted by Gasteiger charge is 2.13. The average Bonchev–Trinajstić information content (AvgIpc) is 2.15. The number of hydrogen-bond acceptors (Lipinski definition) is 6. The molecule has 0 spiro atoms. The lowest BCUT2D eigenvalue weighted by Crippen LogP contribution is -2.50. The minimum absolute atomic E-state index is 0.0340. The highest BCUT2D eigenvalue weighted by Crippen LogP contribution is 1.91. The molecule has 0 aromatic rings. The molecular weight excluding hydrogens is 232 g/mol. The maximum atomic E-state index is 11.2. The lowest BCUT2D eigenvalue weighted by molar-refractivity contribution is -0.317. The normalized spacial score (nSPS) is 11.4. The molecule has 0 rings (SSSR count). The maximum absolute atomic E-state index is 11.2. The Bertz CT molecular complexity index is 327. The molecule has 8 nitrogen and oxygen atoms in total. The number of aliphatic carboxylic acids is 2. The smallest absolute Gasteiger partial charge is 0.222 e. The highest BCUT2D eigenvalue weighted by molar-refractivity contribution is 5.85. The van der Waals surface area contributed by atoms with Gasteiger partial charge in [-0.3, -0.25) is 9.59 Å². The van der Waals surface area contributed by atoms with E-state index in [9.17, 15) is 29.4 Å². The van der Waals surface area contributed by atoms with Gasteiger partial charge in [0.25, 0.3) is 0 Å². The second kappa shape index (κ2) is 7.20. The molecule has 0 aromatic heterocycles. The van der Waals surface area contributed by atoms with Crippen LogP contribution in [0.5, 0.6) is 0 Å². The van der Waals surface area contributed by atoms with Gasteiger partial charge < -0.3 is 30.4 Å². The van der Waals surface area contributed by atoms with Crippen LogP contribution >= 0.6 is 0 Å². The lowest BCUT2D eigenvalue weighted by atomic mass is 10.2. The number of carboxylic acids is 2. The van der Waals surface area contributed by atoms with Crippen molar-refractivity contribution in [3.8, 4) is 0 Å². The summed E-state index contributed by atoms with van der Waals surface area (Å²) in [5.74, 6) is -4.35. The molecule has 8 heteroatoms. The number of carbonyl (C=O) groups excluding carboxylic acids is 4. The Morgan fingerprint density at radius 3 is 2.18 bits per heavy atom. The summed E-state index contributed by atoms with van der Waals surface area (Å²) < 4.78 is 0. The van der Waals surface area contributed by atoms with Gasteiger partial charge in [-0.15, -0.1) is 0 Å². The van der Waals surface area contributed by atoms with Gasteiger partial charge in [0.15, 0.2) is 0 Å². The fraction of sp³-hybridized carbons (Fsp3) is 0.556. The Balaban J connectivity index is 4.08. The van der Waals surface area contributed by atoms with Gasteiger partial charge in [0.05, 0.1) is 12.0 Å². The summed E-state index contributed by atoms with van der Waals surface area (Å²) >= 11 is 0. The Labute approximate surface area is 97.0 Å². The van der Waals surface area contributed by atoms with Crippen molar-refractivity contribution in [2.24, 2.45) is 0 Å². The zero-order valence-corrected chi connectivity index (χ0v) is 9.15. The monoisotopic (exact) mass is 244 g/mol. The van der Waals surface area contributed by atoms with Crippen LogP contribution in [-0.2, 0) is 19.2 Å². The maximum Gasteiger partial charge on any atom is 0.222 e. The van der Waals surface area contributed by atoms with E-state index in [1.165, 1.54) is 6.92 Å². The molecular formula is C9H12N2O6-2. The van der Waals surface area contributed by atoms with Crippen molar-refractivity contribution in [2.75, 3.05) is 6.54 Å². The number of carbonyl (C=O) groups is 4. The molecule has 1 atom stereocenters. The van der Waals surface area contributed by atoms with Crippen molar-refractivity contribution in [3.05, 3.63) is 0 Å². The van der Waals surface area contributed by atoms with Gasteiger partial charge in [-0.1, -0.05) is 0 Å². The Morgan fingerprint density at radius 2 is 1.76 bits per heavy atom. The molecule has 2 amide bonds. The van der Waals surface area contributed by atoms with Gasteiger partial charge in [-0.2, -0.15) is 0 Å². The first-order valence-corrected chi connectivity index (χ1v) is 4.77. The van der Waals surface area contributed by atoms with Crippen LogP contribution in [0.15, 0.2) is 0 Å². The van der Waals surface area contributed by atoms with Crippen molar-refractivity contribution in [1.29, 1.82) is 0 Å². The molecule has 96 valence electrons. The summed E-state index contributed by atoms with van der Waals surface area (Å²) in [6, 6.07) is -1.63. The lowest BCUT2D eigenvalue weighted by Gasteiger charge is -2.20. The van der Waals surface area contributed by atoms with Crippen LogP contribution in [0, 0.1) is 0 Å². The van der Waals surface area contributed by atoms with E-state index in [-0.39, 0.29) is 18.9 Å². The minimum Gasteiger partial charge on any atom is -0.550 e. The second-order valence-corrected chi connectivity index (χ2v) is 3.25. The first kappa shape index (κ1) is 14.9. The second-order valence-electron chi connectivity index (χ2n) is 3.25. The molecule has 0 aliphatic rings. The summed E-state index contributed by atoms with van der Waals surface area (Å²) in [7, 11) is 0. The van der Waals surface area contributed by atoms with Crippen LogP contribution in [0.1, 0.15) is 19.8 Å². The number of hydrogen-bond donors (Lipinski definition) is 2. The third-order valence-electron chi connectivity index (χ3n) is 1.72. The van der Waals surface area contributed by atoms with Crippen molar-refractivity contribution in [1.82, 2.24) is 10.6 Å². The summed E-state index contributed by atoms with van der Waals surface area (Å²) in [6.45, 7) is 1.30. The number of nitrogens with one attached hydrogen (secondary N) is 2. The van der Waals surface area contributed by atoms with E-state index in [2.05, 4.69) is 5.32 Å². The molecule has 0 bridgehead atoms. The number of amides is 2. The van der Waals surface area contributed by atoms with Crippen LogP contribution in [0.3, 0.4) is 0 Å². The van der Waals surface area contributed by atoms with Crippen LogP contribution < -0.4 is 20.8 Å². The van der Waals surface area contributed by atoms with Crippen molar-refractivity contribution in [3.63, 3.8) is 0 Å². The Morgan fingerprint density at radius 1 is 1.18 bits per heavy atom. The fourth-order valence-electron chi connectivity index (χ4n) is 0.979. The molecule has 0 aromatic carbocycles. The SMILES string of the molecule is CC(=O)NCCC(=O)N[C@H](CC(=O)[O-])C(=O)[O-]. The van der Waals surface area contributed by atoms with E-state index in [0.717, 1.165) is 0 Å². The van der Waals surface area contributed by atoms with Crippen LogP contribution in [0.4, 0.5) is 0 Å². The molecule has 2 N–H and O–H groups in total. The quantitative estimate of drug-likeness (QED) is 0.466.